The Morgan fingerprint density at radius 3 is 2.29 bits per heavy atom. The number of hydrogen-bond donors (Lipinski definition) is 1. The van der Waals surface area contributed by atoms with Crippen molar-refractivity contribution in [1.29, 1.82) is 0 Å². The maximum absolute atomic E-state index is 12.5. The highest BCUT2D eigenvalue weighted by atomic mass is 16.1. The number of rotatable bonds is 3. The van der Waals surface area contributed by atoms with Crippen LogP contribution in [0.2, 0.25) is 0 Å². The quantitative estimate of drug-likeness (QED) is 0.734. The molecular weight excluding hydrogens is 262 g/mol. The van der Waals surface area contributed by atoms with Gasteiger partial charge in [-0.05, 0) is 31.2 Å². The van der Waals surface area contributed by atoms with Crippen LogP contribution in [0.1, 0.15) is 11.3 Å². The lowest BCUT2D eigenvalue weighted by atomic mass is 10.2. The highest BCUT2D eigenvalue weighted by Gasteiger charge is 2.10. The Hall–Kier alpha value is -2.88. The lowest BCUT2D eigenvalue weighted by Gasteiger charge is -1.99. The van der Waals surface area contributed by atoms with E-state index in [1.807, 2.05) is 67.6 Å². The normalized spacial score (nSPS) is 11.1. The molecule has 0 saturated heterocycles. The van der Waals surface area contributed by atoms with Crippen LogP contribution in [0.3, 0.4) is 0 Å². The Balaban J connectivity index is 2.00. The van der Waals surface area contributed by atoms with Gasteiger partial charge in [0.1, 0.15) is 0 Å². The first-order valence-corrected chi connectivity index (χ1v) is 6.72. The summed E-state index contributed by atoms with van der Waals surface area (Å²) in [6.45, 7) is 1.87. The molecule has 3 rings (SSSR count). The molecule has 0 atom stereocenters. The fourth-order valence-electron chi connectivity index (χ4n) is 2.12. The summed E-state index contributed by atoms with van der Waals surface area (Å²) in [6.07, 6.45) is 1.61. The van der Waals surface area contributed by atoms with E-state index in [1.54, 1.807) is 6.21 Å². The van der Waals surface area contributed by atoms with Gasteiger partial charge >= 0.3 is 0 Å². The Kier molecular flexibility index (Phi) is 3.51. The molecule has 1 N–H and O–H groups in total. The van der Waals surface area contributed by atoms with E-state index in [0.717, 1.165) is 17.1 Å². The van der Waals surface area contributed by atoms with Gasteiger partial charge in [-0.3, -0.25) is 14.9 Å². The van der Waals surface area contributed by atoms with Crippen molar-refractivity contribution >= 4 is 11.9 Å². The Labute approximate surface area is 122 Å². The van der Waals surface area contributed by atoms with Crippen LogP contribution < -0.4 is 5.56 Å². The number of H-pyrrole nitrogens is 1. The first kappa shape index (κ1) is 13.1. The second-order valence-electron chi connectivity index (χ2n) is 4.72. The lowest BCUT2D eigenvalue weighted by Crippen LogP contribution is -2.17. The van der Waals surface area contributed by atoms with Gasteiger partial charge in [0, 0.05) is 11.9 Å². The summed E-state index contributed by atoms with van der Waals surface area (Å²) in [5.41, 5.74) is 2.90. The molecule has 0 spiro atoms. The second-order valence-corrected chi connectivity index (χ2v) is 4.72. The Morgan fingerprint density at radius 1 is 1.00 bits per heavy atom. The van der Waals surface area contributed by atoms with E-state index >= 15 is 0 Å². The van der Waals surface area contributed by atoms with Crippen molar-refractivity contribution in [1.82, 2.24) is 9.78 Å². The van der Waals surface area contributed by atoms with Gasteiger partial charge in [-0.2, -0.15) is 0 Å². The first-order valence-electron chi connectivity index (χ1n) is 6.72. The molecule has 104 valence electrons. The van der Waals surface area contributed by atoms with Gasteiger partial charge in [-0.1, -0.05) is 36.4 Å². The second kappa shape index (κ2) is 5.63. The number of aryl methyl sites for hydroxylation is 1. The average Bonchev–Trinajstić information content (AvgIpc) is 2.82. The van der Waals surface area contributed by atoms with Crippen molar-refractivity contribution in [2.75, 3.05) is 0 Å². The molecule has 21 heavy (non-hydrogen) atoms. The topological polar surface area (TPSA) is 50.1 Å². The summed E-state index contributed by atoms with van der Waals surface area (Å²) in [6, 6.07) is 19.0. The predicted molar refractivity (Wildman–Crippen MR) is 84.8 cm³/mol. The molecule has 0 aliphatic carbocycles. The number of aromatic nitrogens is 2. The highest BCUT2D eigenvalue weighted by Crippen LogP contribution is 2.10. The van der Waals surface area contributed by atoms with Gasteiger partial charge in [0.2, 0.25) is 0 Å². The van der Waals surface area contributed by atoms with E-state index < -0.39 is 0 Å². The zero-order valence-corrected chi connectivity index (χ0v) is 11.7. The van der Waals surface area contributed by atoms with Crippen molar-refractivity contribution in [2.24, 2.45) is 4.99 Å². The summed E-state index contributed by atoms with van der Waals surface area (Å²) in [7, 11) is 0. The van der Waals surface area contributed by atoms with Gasteiger partial charge in [-0.25, -0.2) is 4.68 Å². The summed E-state index contributed by atoms with van der Waals surface area (Å²) >= 11 is 0. The molecule has 0 unspecified atom stereocenters. The number of para-hydroxylation sites is 2. The third-order valence-corrected chi connectivity index (χ3v) is 3.23. The highest BCUT2D eigenvalue weighted by molar-refractivity contribution is 5.82. The van der Waals surface area contributed by atoms with Gasteiger partial charge in [0.25, 0.3) is 5.56 Å². The van der Waals surface area contributed by atoms with Gasteiger partial charge in [-0.15, -0.1) is 0 Å². The van der Waals surface area contributed by atoms with Gasteiger partial charge < -0.3 is 0 Å². The maximum Gasteiger partial charge on any atom is 0.280 e. The summed E-state index contributed by atoms with van der Waals surface area (Å²) < 4.78 is 1.53. The van der Waals surface area contributed by atoms with E-state index in [4.69, 9.17) is 0 Å². The van der Waals surface area contributed by atoms with Crippen molar-refractivity contribution in [2.45, 2.75) is 6.92 Å². The van der Waals surface area contributed by atoms with Crippen molar-refractivity contribution in [3.63, 3.8) is 0 Å². The zero-order valence-electron chi connectivity index (χ0n) is 11.7. The summed E-state index contributed by atoms with van der Waals surface area (Å²) in [5.74, 6) is 0. The molecule has 2 aromatic carbocycles. The summed E-state index contributed by atoms with van der Waals surface area (Å²) in [5, 5.41) is 3.08. The van der Waals surface area contributed by atoms with E-state index in [9.17, 15) is 4.79 Å². The third-order valence-electron chi connectivity index (χ3n) is 3.23. The molecule has 0 bridgehead atoms. The molecule has 0 amide bonds. The Morgan fingerprint density at radius 2 is 1.62 bits per heavy atom. The third kappa shape index (κ3) is 2.69. The predicted octanol–water partition coefficient (Wildman–Crippen LogP) is 3.22. The minimum Gasteiger partial charge on any atom is -0.295 e. The van der Waals surface area contributed by atoms with E-state index in [1.165, 1.54) is 4.68 Å². The molecule has 4 nitrogen and oxygen atoms in total. The fourth-order valence-corrected chi connectivity index (χ4v) is 2.12. The first-order chi connectivity index (χ1) is 10.3. The standard InChI is InChI=1S/C17H15N3O/c1-13-16(12-18-14-8-4-2-5-9-14)17(21)20(19-13)15-10-6-3-7-11-15/h2-12,19H,1H3. The number of aliphatic imine (C=N–C) groups is 1. The van der Waals surface area contributed by atoms with Crippen LogP contribution in [0.5, 0.6) is 0 Å². The largest absolute Gasteiger partial charge is 0.295 e. The molecule has 4 heteroatoms. The van der Waals surface area contributed by atoms with Gasteiger partial charge in [0.05, 0.1) is 16.9 Å². The van der Waals surface area contributed by atoms with Gasteiger partial charge in [0.15, 0.2) is 0 Å². The molecule has 3 aromatic rings. The van der Waals surface area contributed by atoms with E-state index in [2.05, 4.69) is 10.1 Å². The van der Waals surface area contributed by atoms with Crippen LogP contribution in [-0.4, -0.2) is 16.0 Å². The smallest absolute Gasteiger partial charge is 0.280 e. The molecule has 0 fully saturated rings. The number of benzene rings is 2. The van der Waals surface area contributed by atoms with Crippen molar-refractivity contribution in [3.8, 4) is 5.69 Å². The monoisotopic (exact) mass is 277 g/mol. The van der Waals surface area contributed by atoms with E-state index in [-0.39, 0.29) is 5.56 Å². The molecule has 1 aromatic heterocycles. The zero-order chi connectivity index (χ0) is 14.7. The minimum atomic E-state index is -0.0987. The number of hydrogen-bond acceptors (Lipinski definition) is 2. The molecule has 0 aliphatic rings. The fraction of sp³-hybridized carbons (Fsp3) is 0.0588. The van der Waals surface area contributed by atoms with Crippen molar-refractivity contribution < 1.29 is 0 Å². The number of nitrogens with zero attached hydrogens (tertiary/aromatic N) is 2. The maximum atomic E-state index is 12.5. The molecule has 0 radical (unpaired) electrons. The van der Waals surface area contributed by atoms with Crippen LogP contribution in [0, 0.1) is 6.92 Å². The van der Waals surface area contributed by atoms with Crippen LogP contribution >= 0.6 is 0 Å². The van der Waals surface area contributed by atoms with Crippen LogP contribution in [0.25, 0.3) is 5.69 Å². The minimum absolute atomic E-state index is 0.0987. The molecule has 0 aliphatic heterocycles. The van der Waals surface area contributed by atoms with E-state index in [0.29, 0.717) is 5.56 Å². The lowest BCUT2D eigenvalue weighted by molar-refractivity contribution is 0.835. The molecule has 1 heterocycles. The molecule has 0 saturated carbocycles. The van der Waals surface area contributed by atoms with Crippen LogP contribution in [-0.2, 0) is 0 Å². The summed E-state index contributed by atoms with van der Waals surface area (Å²) in [4.78, 5) is 16.8. The number of aromatic amines is 1. The van der Waals surface area contributed by atoms with Crippen molar-refractivity contribution in [3.05, 3.63) is 82.3 Å². The van der Waals surface area contributed by atoms with Crippen LogP contribution in [0.15, 0.2) is 70.5 Å². The SMILES string of the molecule is Cc1[nH]n(-c2ccccc2)c(=O)c1C=Nc1ccccc1. The number of nitrogens with one attached hydrogen (secondary N) is 1. The van der Waals surface area contributed by atoms with Crippen LogP contribution in [0.4, 0.5) is 5.69 Å². The Bertz CT molecular complexity index is 814. The average molecular weight is 277 g/mol. The molecular formula is C17H15N3O.